The van der Waals surface area contributed by atoms with E-state index in [1.165, 1.54) is 7.11 Å². The maximum atomic E-state index is 11.0. The van der Waals surface area contributed by atoms with Crippen molar-refractivity contribution in [3.8, 4) is 5.88 Å². The largest absolute Gasteiger partial charge is 0.480 e. The minimum atomic E-state index is -1.74. The summed E-state index contributed by atoms with van der Waals surface area (Å²) in [6.45, 7) is 12.2. The van der Waals surface area contributed by atoms with E-state index in [9.17, 15) is 10.2 Å². The number of aliphatic hydroxyl groups is 2. The molecule has 1 fully saturated rings. The molecule has 0 unspecified atom stereocenters. The molecular weight excluding hydrogens is 408 g/mol. The smallest absolute Gasteiger partial charge is 0.232 e. The first-order valence-electron chi connectivity index (χ1n) is 11.3. The Morgan fingerprint density at radius 1 is 1.13 bits per heavy atom. The molecule has 0 bridgehead atoms. The third-order valence-corrected chi connectivity index (χ3v) is 11.8. The van der Waals surface area contributed by atoms with Crippen LogP contribution in [0.1, 0.15) is 58.1 Å². The summed E-state index contributed by atoms with van der Waals surface area (Å²) in [6.07, 6.45) is 3.55. The van der Waals surface area contributed by atoms with Crippen molar-refractivity contribution in [2.24, 2.45) is 11.8 Å². The van der Waals surface area contributed by atoms with Gasteiger partial charge in [-0.3, -0.25) is 0 Å². The third-order valence-electron chi connectivity index (χ3n) is 7.29. The number of methoxy groups -OCH3 is 1. The average molecular weight is 447 g/mol. The van der Waals surface area contributed by atoms with Gasteiger partial charge in [-0.2, -0.15) is 0 Å². The zero-order chi connectivity index (χ0) is 22.8. The molecule has 0 saturated heterocycles. The van der Waals surface area contributed by atoms with Crippen LogP contribution in [0.3, 0.4) is 0 Å². The van der Waals surface area contributed by atoms with E-state index < -0.39 is 20.5 Å². The lowest BCUT2D eigenvalue weighted by Gasteiger charge is -2.39. The Balaban J connectivity index is 1.62. The third kappa shape index (κ3) is 5.45. The summed E-state index contributed by atoms with van der Waals surface area (Å²) >= 11 is 0. The lowest BCUT2D eigenvalue weighted by molar-refractivity contribution is -0.0337. The van der Waals surface area contributed by atoms with Crippen molar-refractivity contribution < 1.29 is 19.4 Å². The van der Waals surface area contributed by atoms with E-state index in [0.29, 0.717) is 28.4 Å². The van der Waals surface area contributed by atoms with Crippen molar-refractivity contribution in [1.82, 2.24) is 9.97 Å². The van der Waals surface area contributed by atoms with Gasteiger partial charge in [0.2, 0.25) is 5.88 Å². The Bertz CT molecular complexity index is 875. The number of hydrogen-bond donors (Lipinski definition) is 2. The van der Waals surface area contributed by atoms with Crippen molar-refractivity contribution >= 4 is 19.4 Å². The monoisotopic (exact) mass is 446 g/mol. The molecule has 6 nitrogen and oxygen atoms in total. The fourth-order valence-corrected chi connectivity index (χ4v) is 5.14. The lowest BCUT2D eigenvalue weighted by atomic mass is 9.77. The van der Waals surface area contributed by atoms with E-state index in [1.54, 1.807) is 6.20 Å². The number of nitrogens with zero attached hydrogens (tertiary/aromatic N) is 2. The molecular formula is C24H38N2O4Si. The molecule has 1 aliphatic carbocycles. The van der Waals surface area contributed by atoms with Crippen LogP contribution in [0.5, 0.6) is 5.88 Å². The molecule has 1 aliphatic rings. The van der Waals surface area contributed by atoms with Crippen LogP contribution in [0, 0.1) is 11.8 Å². The number of para-hydroxylation sites is 1. The van der Waals surface area contributed by atoms with Crippen LogP contribution in [0.2, 0.25) is 18.1 Å². The lowest BCUT2D eigenvalue weighted by Crippen LogP contribution is -2.42. The van der Waals surface area contributed by atoms with E-state index in [4.69, 9.17) is 9.16 Å². The van der Waals surface area contributed by atoms with Gasteiger partial charge in [-0.1, -0.05) is 32.9 Å². The van der Waals surface area contributed by atoms with E-state index >= 15 is 0 Å². The van der Waals surface area contributed by atoms with Gasteiger partial charge >= 0.3 is 0 Å². The Kier molecular flexibility index (Phi) is 7.41. The van der Waals surface area contributed by atoms with Crippen LogP contribution in [-0.4, -0.2) is 48.3 Å². The molecule has 0 aliphatic heterocycles. The Morgan fingerprint density at radius 2 is 1.81 bits per heavy atom. The zero-order valence-electron chi connectivity index (χ0n) is 19.8. The van der Waals surface area contributed by atoms with Gasteiger partial charge in [0, 0.05) is 12.2 Å². The van der Waals surface area contributed by atoms with Crippen molar-refractivity contribution in [1.29, 1.82) is 0 Å². The summed E-state index contributed by atoms with van der Waals surface area (Å²) in [5.74, 6) is 0.985. The fourth-order valence-electron chi connectivity index (χ4n) is 4.06. The molecule has 1 aromatic heterocycles. The van der Waals surface area contributed by atoms with Crippen LogP contribution in [0.15, 0.2) is 24.4 Å². The highest BCUT2D eigenvalue weighted by molar-refractivity contribution is 6.74. The number of benzene rings is 1. The molecule has 172 valence electrons. The zero-order valence-corrected chi connectivity index (χ0v) is 20.8. The van der Waals surface area contributed by atoms with Crippen molar-refractivity contribution in [3.05, 3.63) is 30.0 Å². The molecule has 0 radical (unpaired) electrons. The summed E-state index contributed by atoms with van der Waals surface area (Å²) in [7, 11) is -0.197. The molecule has 2 aromatic rings. The molecule has 1 aromatic carbocycles. The summed E-state index contributed by atoms with van der Waals surface area (Å²) in [4.78, 5) is 8.80. The Hall–Kier alpha value is -1.54. The van der Waals surface area contributed by atoms with E-state index in [2.05, 4.69) is 43.8 Å². The minimum Gasteiger partial charge on any atom is -0.480 e. The van der Waals surface area contributed by atoms with Crippen LogP contribution in [0.4, 0.5) is 0 Å². The highest BCUT2D eigenvalue weighted by atomic mass is 28.4. The second kappa shape index (κ2) is 9.53. The fraction of sp³-hybridized carbons (Fsp3) is 0.667. The van der Waals surface area contributed by atoms with Gasteiger partial charge in [0.1, 0.15) is 6.10 Å². The summed E-state index contributed by atoms with van der Waals surface area (Å²) in [5.41, 5.74) is 1.85. The number of hydrogen-bond acceptors (Lipinski definition) is 6. The first-order chi connectivity index (χ1) is 14.5. The van der Waals surface area contributed by atoms with Crippen LogP contribution in [0.25, 0.3) is 11.0 Å². The van der Waals surface area contributed by atoms with Gasteiger partial charge in [-0.05, 0) is 61.7 Å². The molecule has 2 N–H and O–H groups in total. The van der Waals surface area contributed by atoms with Crippen LogP contribution >= 0.6 is 0 Å². The second-order valence-electron chi connectivity index (χ2n) is 10.4. The quantitative estimate of drug-likeness (QED) is 0.591. The first-order valence-corrected chi connectivity index (χ1v) is 14.2. The van der Waals surface area contributed by atoms with Crippen molar-refractivity contribution in [2.45, 2.75) is 76.8 Å². The molecule has 1 saturated carbocycles. The Labute approximate surface area is 187 Å². The molecule has 0 spiro atoms. The number of ether oxygens (including phenoxy) is 1. The molecule has 2 atom stereocenters. The number of aromatic nitrogens is 2. The molecule has 0 amide bonds. The van der Waals surface area contributed by atoms with Crippen molar-refractivity contribution in [2.75, 3.05) is 13.7 Å². The number of fused-ring (bicyclic) bond motifs is 1. The molecule has 3 rings (SSSR count). The highest BCUT2D eigenvalue weighted by Crippen LogP contribution is 2.39. The number of rotatable bonds is 7. The average Bonchev–Trinajstić information content (AvgIpc) is 2.75. The Morgan fingerprint density at radius 3 is 2.42 bits per heavy atom. The highest BCUT2D eigenvalue weighted by Gasteiger charge is 2.38. The minimum absolute atomic E-state index is 0.0629. The predicted octanol–water partition coefficient (Wildman–Crippen LogP) is 4.86. The summed E-state index contributed by atoms with van der Waals surface area (Å²) in [5, 5.41) is 22.2. The van der Waals surface area contributed by atoms with Gasteiger partial charge in [0.05, 0.1) is 30.4 Å². The first kappa shape index (κ1) is 24.1. The van der Waals surface area contributed by atoms with Gasteiger partial charge in [-0.15, -0.1) is 0 Å². The van der Waals surface area contributed by atoms with Gasteiger partial charge in [0.25, 0.3) is 0 Å². The van der Waals surface area contributed by atoms with Crippen LogP contribution < -0.4 is 4.74 Å². The normalized spacial score (nSPS) is 22.3. The SMILES string of the molecule is COc1cnc2cccc([C@@H](O)[C@H](O)C3CCC(CO[Si](C)(C)C(C)(C)C)CC3)c2n1. The molecule has 7 heteroatoms. The molecule has 31 heavy (non-hydrogen) atoms. The van der Waals surface area contributed by atoms with Gasteiger partial charge < -0.3 is 19.4 Å². The molecule has 1 heterocycles. The van der Waals surface area contributed by atoms with Gasteiger partial charge in [-0.25, -0.2) is 9.97 Å². The van der Waals surface area contributed by atoms with Gasteiger partial charge in [0.15, 0.2) is 8.32 Å². The summed E-state index contributed by atoms with van der Waals surface area (Å²) in [6, 6.07) is 5.49. The topological polar surface area (TPSA) is 84.7 Å². The maximum absolute atomic E-state index is 11.0. The maximum Gasteiger partial charge on any atom is 0.232 e. The number of aliphatic hydroxyl groups excluding tert-OH is 2. The standard InChI is InChI=1S/C24H38N2O4Si/c1-24(2,3)31(5,6)30-15-16-10-12-17(13-11-16)22(27)23(28)18-8-7-9-19-21(18)26-20(29-4)14-25-19/h7-9,14,16-17,22-23,27-28H,10-13,15H2,1-6H3/t16?,17?,22-,23-/m1/s1. The summed E-state index contributed by atoms with van der Waals surface area (Å²) < 4.78 is 11.6. The van der Waals surface area contributed by atoms with Crippen LogP contribution in [-0.2, 0) is 4.43 Å². The van der Waals surface area contributed by atoms with E-state index in [-0.39, 0.29) is 11.0 Å². The predicted molar refractivity (Wildman–Crippen MR) is 126 cm³/mol. The van der Waals surface area contributed by atoms with Crippen molar-refractivity contribution in [3.63, 3.8) is 0 Å². The van der Waals surface area contributed by atoms with E-state index in [1.807, 2.05) is 18.2 Å². The van der Waals surface area contributed by atoms with E-state index in [0.717, 1.165) is 32.3 Å². The second-order valence-corrected chi connectivity index (χ2v) is 15.2.